The van der Waals surface area contributed by atoms with Crippen molar-refractivity contribution in [3.63, 3.8) is 0 Å². The van der Waals surface area contributed by atoms with Gasteiger partial charge in [0.15, 0.2) is 5.82 Å². The van der Waals surface area contributed by atoms with E-state index in [1.165, 1.54) is 10.8 Å². The van der Waals surface area contributed by atoms with Crippen LogP contribution in [0.1, 0.15) is 24.1 Å². The number of H-pyrrole nitrogens is 1. The number of fused-ring (bicyclic) bond motifs is 2. The highest BCUT2D eigenvalue weighted by Gasteiger charge is 2.24. The van der Waals surface area contributed by atoms with Gasteiger partial charge >= 0.3 is 0 Å². The van der Waals surface area contributed by atoms with Crippen molar-refractivity contribution < 1.29 is 9.18 Å². The number of carbonyl (C=O) groups is 1. The van der Waals surface area contributed by atoms with Crippen LogP contribution in [0, 0.1) is 18.7 Å². The second kappa shape index (κ2) is 9.61. The van der Waals surface area contributed by atoms with E-state index in [9.17, 15) is 14.0 Å². The molecule has 2 unspecified atom stereocenters. The Morgan fingerprint density at radius 3 is 3.09 bits per heavy atom. The molecule has 0 aliphatic carbocycles. The number of hydrogen-bond donors (Lipinski definition) is 3. The van der Waals surface area contributed by atoms with Gasteiger partial charge in [-0.15, -0.1) is 0 Å². The molecular weight excluding hydrogens is 451 g/mol. The molecule has 0 saturated carbocycles. The summed E-state index contributed by atoms with van der Waals surface area (Å²) in [6, 6.07) is 1.63. The van der Waals surface area contributed by atoms with Gasteiger partial charge in [0, 0.05) is 61.6 Å². The number of aliphatic imine (C=N–C) groups is 2. The summed E-state index contributed by atoms with van der Waals surface area (Å²) in [5.41, 5.74) is 2.22. The maximum Gasteiger partial charge on any atom is 0.293 e. The van der Waals surface area contributed by atoms with Crippen LogP contribution in [-0.2, 0) is 17.9 Å². The average molecular weight is 477 g/mol. The zero-order chi connectivity index (χ0) is 24.4. The number of halogens is 1. The molecule has 1 amide bonds. The van der Waals surface area contributed by atoms with Crippen molar-refractivity contribution in [3.8, 4) is 0 Å². The van der Waals surface area contributed by atoms with Crippen LogP contribution in [0.5, 0.6) is 0 Å². The Morgan fingerprint density at radius 1 is 1.31 bits per heavy atom. The zero-order valence-electron chi connectivity index (χ0n) is 19.2. The van der Waals surface area contributed by atoms with E-state index in [-0.39, 0.29) is 36.5 Å². The van der Waals surface area contributed by atoms with Gasteiger partial charge in [-0.1, -0.05) is 6.08 Å². The monoisotopic (exact) mass is 476 g/mol. The highest BCUT2D eigenvalue weighted by atomic mass is 19.1. The summed E-state index contributed by atoms with van der Waals surface area (Å²) in [5.74, 6) is -0.214. The lowest BCUT2D eigenvalue weighted by Crippen LogP contribution is -2.34. The summed E-state index contributed by atoms with van der Waals surface area (Å²) < 4.78 is 15.1. The van der Waals surface area contributed by atoms with Crippen LogP contribution in [0.25, 0.3) is 11.0 Å². The van der Waals surface area contributed by atoms with E-state index in [1.54, 1.807) is 25.4 Å². The molecule has 35 heavy (non-hydrogen) atoms. The lowest BCUT2D eigenvalue weighted by molar-refractivity contribution is -0.121. The standard InChI is InChI=1S/C24H25FN8O2/c1-14-9-29-23(27-7-5-17-3-2-16-4-6-26-21(16)32-17)24(35)33(14)13-20(34)28-10-15-8-18-19(25)12-31-22(18)30-11-15/h2-3,6,8-9,11-12,16,21H,4-5,7,10,13H2,1H3,(H,27,29)(H,28,34)(H,30,31). The molecule has 5 heterocycles. The SMILES string of the molecule is Cc1cnc(NCCC2=NC3N=CCC3C=C2)c(=O)n1CC(=O)NCc1cnc2[nH]cc(F)c2c1. The van der Waals surface area contributed by atoms with E-state index in [1.807, 2.05) is 12.3 Å². The molecule has 0 aromatic carbocycles. The number of allylic oxidation sites excluding steroid dienone is 1. The van der Waals surface area contributed by atoms with Gasteiger partial charge in [-0.25, -0.2) is 14.4 Å². The number of nitrogens with zero attached hydrogens (tertiary/aromatic N) is 5. The van der Waals surface area contributed by atoms with Gasteiger partial charge in [0.2, 0.25) is 5.91 Å². The van der Waals surface area contributed by atoms with Crippen molar-refractivity contribution in [1.82, 2.24) is 24.8 Å². The maximum absolute atomic E-state index is 13.8. The number of aromatic amines is 1. The molecule has 3 aromatic heterocycles. The Kier molecular flexibility index (Phi) is 6.21. The smallest absolute Gasteiger partial charge is 0.293 e. The topological polar surface area (TPSA) is 129 Å². The first-order valence-electron chi connectivity index (χ1n) is 11.4. The summed E-state index contributed by atoms with van der Waals surface area (Å²) in [6.45, 7) is 2.20. The third-order valence-corrected chi connectivity index (χ3v) is 6.11. The fourth-order valence-electron chi connectivity index (χ4n) is 4.13. The van der Waals surface area contributed by atoms with E-state index >= 15 is 0 Å². The molecule has 0 fully saturated rings. The number of hydrogen-bond acceptors (Lipinski definition) is 7. The second-order valence-electron chi connectivity index (χ2n) is 8.59. The van der Waals surface area contributed by atoms with Crippen molar-refractivity contribution in [2.45, 2.75) is 39.0 Å². The van der Waals surface area contributed by atoms with Crippen LogP contribution in [0.3, 0.4) is 0 Å². The summed E-state index contributed by atoms with van der Waals surface area (Å²) >= 11 is 0. The minimum Gasteiger partial charge on any atom is -0.365 e. The molecule has 2 atom stereocenters. The number of nitrogens with one attached hydrogen (secondary N) is 3. The van der Waals surface area contributed by atoms with E-state index in [4.69, 9.17) is 0 Å². The normalized spacial score (nSPS) is 18.5. The molecule has 0 bridgehead atoms. The van der Waals surface area contributed by atoms with Crippen LogP contribution >= 0.6 is 0 Å². The second-order valence-corrected chi connectivity index (χ2v) is 8.59. The molecule has 10 nitrogen and oxygen atoms in total. The lowest BCUT2D eigenvalue weighted by atomic mass is 10.0. The van der Waals surface area contributed by atoms with Gasteiger partial charge in [-0.3, -0.25) is 24.1 Å². The Morgan fingerprint density at radius 2 is 2.20 bits per heavy atom. The van der Waals surface area contributed by atoms with Crippen LogP contribution < -0.4 is 16.2 Å². The quantitative estimate of drug-likeness (QED) is 0.459. The molecule has 0 radical (unpaired) electrons. The van der Waals surface area contributed by atoms with Crippen molar-refractivity contribution in [3.05, 3.63) is 64.2 Å². The fraction of sp³-hybridized carbons (Fsp3) is 0.333. The van der Waals surface area contributed by atoms with Crippen LogP contribution in [-0.4, -0.2) is 50.1 Å². The molecular formula is C24H25FN8O2. The van der Waals surface area contributed by atoms with Gasteiger partial charge < -0.3 is 15.6 Å². The van der Waals surface area contributed by atoms with Crippen molar-refractivity contribution in [2.24, 2.45) is 15.9 Å². The van der Waals surface area contributed by atoms with Crippen molar-refractivity contribution >= 4 is 34.7 Å². The fourth-order valence-corrected chi connectivity index (χ4v) is 4.13. The number of amides is 1. The predicted octanol–water partition coefficient (Wildman–Crippen LogP) is 2.11. The zero-order valence-corrected chi connectivity index (χ0v) is 19.2. The van der Waals surface area contributed by atoms with Crippen molar-refractivity contribution in [1.29, 1.82) is 0 Å². The average Bonchev–Trinajstić information content (AvgIpc) is 3.48. The molecule has 2 aliphatic heterocycles. The Hall–Kier alpha value is -4.15. The van der Waals surface area contributed by atoms with Gasteiger partial charge in [0.25, 0.3) is 5.56 Å². The number of anilines is 1. The molecule has 0 spiro atoms. The van der Waals surface area contributed by atoms with Crippen LogP contribution in [0.2, 0.25) is 0 Å². The minimum absolute atomic E-state index is 0.0250. The number of carbonyl (C=O) groups excluding carboxylic acids is 1. The first kappa shape index (κ1) is 22.6. The number of aromatic nitrogens is 4. The Balaban J connectivity index is 1.18. The lowest BCUT2D eigenvalue weighted by Gasteiger charge is -2.17. The number of rotatable bonds is 8. The minimum atomic E-state index is -0.400. The van der Waals surface area contributed by atoms with E-state index in [0.29, 0.717) is 41.2 Å². The highest BCUT2D eigenvalue weighted by Crippen LogP contribution is 2.24. The largest absolute Gasteiger partial charge is 0.365 e. The van der Waals surface area contributed by atoms with Crippen LogP contribution in [0.15, 0.2) is 51.6 Å². The van der Waals surface area contributed by atoms with E-state index in [0.717, 1.165) is 12.1 Å². The van der Waals surface area contributed by atoms with Gasteiger partial charge in [-0.2, -0.15) is 0 Å². The first-order chi connectivity index (χ1) is 17.0. The molecule has 5 rings (SSSR count). The van der Waals surface area contributed by atoms with E-state index in [2.05, 4.69) is 41.6 Å². The third-order valence-electron chi connectivity index (χ3n) is 6.11. The Labute approximate surface area is 200 Å². The Bertz CT molecular complexity index is 1420. The third kappa shape index (κ3) is 4.88. The van der Waals surface area contributed by atoms with Gasteiger partial charge in [0.05, 0.1) is 5.39 Å². The molecule has 0 saturated heterocycles. The number of dihydropyridines is 1. The molecule has 3 N–H and O–H groups in total. The number of pyridine rings is 1. The highest BCUT2D eigenvalue weighted by molar-refractivity contribution is 5.96. The maximum atomic E-state index is 13.8. The van der Waals surface area contributed by atoms with E-state index < -0.39 is 5.82 Å². The summed E-state index contributed by atoms with van der Waals surface area (Å²) in [4.78, 5) is 45.6. The first-order valence-corrected chi connectivity index (χ1v) is 11.4. The molecule has 11 heteroatoms. The predicted molar refractivity (Wildman–Crippen MR) is 131 cm³/mol. The van der Waals surface area contributed by atoms with Crippen LogP contribution in [0.4, 0.5) is 10.2 Å². The van der Waals surface area contributed by atoms with Gasteiger partial charge in [0.1, 0.15) is 24.2 Å². The molecule has 3 aromatic rings. The molecule has 2 aliphatic rings. The summed E-state index contributed by atoms with van der Waals surface area (Å²) in [7, 11) is 0. The summed E-state index contributed by atoms with van der Waals surface area (Å²) in [6.07, 6.45) is 12.0. The van der Waals surface area contributed by atoms with Crippen molar-refractivity contribution in [2.75, 3.05) is 11.9 Å². The van der Waals surface area contributed by atoms with Gasteiger partial charge in [-0.05, 0) is 31.1 Å². The molecule has 180 valence electrons. The summed E-state index contributed by atoms with van der Waals surface area (Å²) in [5, 5.41) is 6.18. The number of aryl methyl sites for hydroxylation is 1.